The molecule has 0 saturated heterocycles. The van der Waals surface area contributed by atoms with Gasteiger partial charge in [0.05, 0.1) is 11.2 Å². The first-order valence-corrected chi connectivity index (χ1v) is 21.9. The Bertz CT molecular complexity index is 3900. The molecule has 0 aliphatic heterocycles. The zero-order valence-corrected chi connectivity index (χ0v) is 35.0. The summed E-state index contributed by atoms with van der Waals surface area (Å²) in [6.07, 6.45) is 0. The molecule has 0 N–H and O–H groups in total. The van der Waals surface area contributed by atoms with E-state index in [-0.39, 0.29) is 0 Å². The van der Waals surface area contributed by atoms with Crippen LogP contribution in [0.15, 0.2) is 223 Å². The number of rotatable bonds is 6. The van der Waals surface area contributed by atoms with Crippen LogP contribution >= 0.6 is 0 Å². The van der Waals surface area contributed by atoms with Gasteiger partial charge in [0, 0.05) is 54.7 Å². The van der Waals surface area contributed by atoms with Crippen LogP contribution in [0.25, 0.3) is 133 Å². The largest absolute Gasteiger partial charge is 0.456 e. The van der Waals surface area contributed by atoms with Crippen molar-refractivity contribution < 1.29 is 4.42 Å². The van der Waals surface area contributed by atoms with Gasteiger partial charge in [-0.3, -0.25) is 0 Å². The summed E-state index contributed by atoms with van der Waals surface area (Å²) in [5, 5.41) is 9.78. The molecule has 5 heteroatoms. The van der Waals surface area contributed by atoms with Crippen LogP contribution in [-0.2, 0) is 0 Å². The molecule has 302 valence electrons. The maximum Gasteiger partial charge on any atom is 0.164 e. The summed E-state index contributed by atoms with van der Waals surface area (Å²) in [6.45, 7) is 0. The number of pyridine rings is 1. The smallest absolute Gasteiger partial charge is 0.164 e. The first-order chi connectivity index (χ1) is 32.2. The first-order valence-electron chi connectivity index (χ1n) is 21.9. The summed E-state index contributed by atoms with van der Waals surface area (Å²) in [5.74, 6) is 1.81. The van der Waals surface area contributed by atoms with E-state index in [0.29, 0.717) is 17.5 Å². The van der Waals surface area contributed by atoms with Gasteiger partial charge in [-0.1, -0.05) is 194 Å². The number of nitrogens with zero attached hydrogens (tertiary/aromatic N) is 4. The van der Waals surface area contributed by atoms with E-state index >= 15 is 0 Å². The molecule has 0 aliphatic carbocycles. The Morgan fingerprint density at radius 1 is 0.292 bits per heavy atom. The lowest BCUT2D eigenvalue weighted by Gasteiger charge is -2.16. The van der Waals surface area contributed by atoms with Crippen LogP contribution in [0.3, 0.4) is 0 Å². The molecule has 3 heterocycles. The minimum absolute atomic E-state index is 0.580. The van der Waals surface area contributed by atoms with Crippen molar-refractivity contribution in [3.05, 3.63) is 218 Å². The van der Waals surface area contributed by atoms with Gasteiger partial charge in [0.1, 0.15) is 11.2 Å². The first kappa shape index (κ1) is 36.8. The maximum atomic E-state index is 6.73. The van der Waals surface area contributed by atoms with Gasteiger partial charge in [-0.05, 0) is 62.5 Å². The summed E-state index contributed by atoms with van der Waals surface area (Å²) in [6, 6.07) is 76.3. The fraction of sp³-hybridized carbons (Fsp3) is 0. The molecule has 3 aromatic heterocycles. The molecule has 0 saturated carbocycles. The van der Waals surface area contributed by atoms with Crippen LogP contribution < -0.4 is 0 Å². The predicted molar refractivity (Wildman–Crippen MR) is 268 cm³/mol. The number of para-hydroxylation sites is 2. The summed E-state index contributed by atoms with van der Waals surface area (Å²) < 4.78 is 6.73. The highest BCUT2D eigenvalue weighted by molar-refractivity contribution is 6.27. The van der Waals surface area contributed by atoms with Crippen molar-refractivity contribution in [2.45, 2.75) is 0 Å². The van der Waals surface area contributed by atoms with E-state index in [2.05, 4.69) is 212 Å². The van der Waals surface area contributed by atoms with Crippen LogP contribution in [0.1, 0.15) is 0 Å². The SMILES string of the molecule is c1ccc(-c2ccc(-c3c4c(cc5c(-c6cccc(-c7nc(-c8cccc9ccccc89)nc(-c8cccc9ccccc89)n7)c6)nc6ccccc6c35)oc3ccccc34)cc2)cc1. The zero-order chi connectivity index (χ0) is 42.8. The Morgan fingerprint density at radius 2 is 0.815 bits per heavy atom. The Kier molecular flexibility index (Phi) is 8.46. The molecule has 13 aromatic rings. The third-order valence-electron chi connectivity index (χ3n) is 12.7. The van der Waals surface area contributed by atoms with Crippen molar-refractivity contribution in [1.29, 1.82) is 0 Å². The molecule has 0 spiro atoms. The molecular weight excluding hydrogens is 793 g/mol. The van der Waals surface area contributed by atoms with Gasteiger partial charge in [-0.15, -0.1) is 0 Å². The van der Waals surface area contributed by atoms with E-state index in [9.17, 15) is 0 Å². The summed E-state index contributed by atoms with van der Waals surface area (Å²) >= 11 is 0. The molecule has 0 aliphatic rings. The topological polar surface area (TPSA) is 64.7 Å². The van der Waals surface area contributed by atoms with Crippen LogP contribution in [0, 0.1) is 0 Å². The van der Waals surface area contributed by atoms with Crippen molar-refractivity contribution in [3.8, 4) is 67.7 Å². The molecule has 0 bridgehead atoms. The van der Waals surface area contributed by atoms with E-state index in [4.69, 9.17) is 24.4 Å². The number of furan rings is 1. The van der Waals surface area contributed by atoms with Crippen LogP contribution in [0.4, 0.5) is 0 Å². The minimum Gasteiger partial charge on any atom is -0.456 e. The number of benzene rings is 10. The third-order valence-corrected chi connectivity index (χ3v) is 12.7. The highest BCUT2D eigenvalue weighted by Gasteiger charge is 2.23. The number of fused-ring (bicyclic) bond motifs is 8. The Balaban J connectivity index is 1.06. The predicted octanol–water partition coefficient (Wildman–Crippen LogP) is 15.8. The van der Waals surface area contributed by atoms with E-state index < -0.39 is 0 Å². The fourth-order valence-corrected chi connectivity index (χ4v) is 9.68. The van der Waals surface area contributed by atoms with Crippen molar-refractivity contribution in [2.24, 2.45) is 0 Å². The summed E-state index contributed by atoms with van der Waals surface area (Å²) in [5.41, 5.74) is 11.7. The van der Waals surface area contributed by atoms with Gasteiger partial charge in [-0.2, -0.15) is 0 Å². The van der Waals surface area contributed by atoms with E-state index in [0.717, 1.165) is 110 Å². The highest BCUT2D eigenvalue weighted by Crippen LogP contribution is 2.47. The van der Waals surface area contributed by atoms with Gasteiger partial charge in [-0.25, -0.2) is 19.9 Å². The monoisotopic (exact) mass is 828 g/mol. The average Bonchev–Trinajstić information content (AvgIpc) is 3.76. The van der Waals surface area contributed by atoms with Crippen molar-refractivity contribution >= 4 is 65.2 Å². The lowest BCUT2D eigenvalue weighted by molar-refractivity contribution is 0.669. The standard InChI is InChI=1S/C60H36N4O/c1-2-15-37(16-3-1)38-31-33-41(34-32-38)54-55-48-25-8-10-29-51(48)61-57(50(55)36-53-56(54)49-26-9-11-30-52(49)65-53)42-21-12-22-43(35-42)58-62-59(46-27-13-19-39-17-4-6-23-44(39)46)64-60(63-58)47-28-14-20-40-18-5-7-24-45(40)47/h1-36H. The highest BCUT2D eigenvalue weighted by atomic mass is 16.3. The molecule has 0 unspecified atom stereocenters. The lowest BCUT2D eigenvalue weighted by atomic mass is 9.89. The molecular formula is C60H36N4O. The van der Waals surface area contributed by atoms with Crippen molar-refractivity contribution in [2.75, 3.05) is 0 Å². The van der Waals surface area contributed by atoms with Crippen LogP contribution in [0.2, 0.25) is 0 Å². The molecule has 0 amide bonds. The molecule has 0 radical (unpaired) electrons. The molecule has 10 aromatic carbocycles. The van der Waals surface area contributed by atoms with E-state index in [1.54, 1.807) is 0 Å². The van der Waals surface area contributed by atoms with E-state index in [1.807, 2.05) is 6.07 Å². The van der Waals surface area contributed by atoms with E-state index in [1.165, 1.54) is 5.56 Å². The second kappa shape index (κ2) is 14.9. The quantitative estimate of drug-likeness (QED) is 0.156. The zero-order valence-electron chi connectivity index (χ0n) is 35.0. The average molecular weight is 829 g/mol. The van der Waals surface area contributed by atoms with Gasteiger partial charge in [0.25, 0.3) is 0 Å². The third kappa shape index (κ3) is 6.16. The molecule has 5 nitrogen and oxygen atoms in total. The second-order valence-corrected chi connectivity index (χ2v) is 16.5. The maximum absolute atomic E-state index is 6.73. The minimum atomic E-state index is 0.580. The van der Waals surface area contributed by atoms with Gasteiger partial charge in [0.2, 0.25) is 0 Å². The normalized spacial score (nSPS) is 11.7. The molecule has 13 rings (SSSR count). The lowest BCUT2D eigenvalue weighted by Crippen LogP contribution is -2.01. The molecule has 0 fully saturated rings. The Labute approximate surface area is 374 Å². The van der Waals surface area contributed by atoms with Gasteiger partial charge >= 0.3 is 0 Å². The second-order valence-electron chi connectivity index (χ2n) is 16.5. The number of hydrogen-bond acceptors (Lipinski definition) is 5. The fourth-order valence-electron chi connectivity index (χ4n) is 9.68. The Hall–Kier alpha value is -8.80. The molecule has 0 atom stereocenters. The number of hydrogen-bond donors (Lipinski definition) is 0. The molecule has 65 heavy (non-hydrogen) atoms. The van der Waals surface area contributed by atoms with Gasteiger partial charge < -0.3 is 4.42 Å². The summed E-state index contributed by atoms with van der Waals surface area (Å²) in [4.78, 5) is 21.2. The number of aromatic nitrogens is 4. The van der Waals surface area contributed by atoms with Crippen molar-refractivity contribution in [3.63, 3.8) is 0 Å². The van der Waals surface area contributed by atoms with Crippen molar-refractivity contribution in [1.82, 2.24) is 19.9 Å². The van der Waals surface area contributed by atoms with Gasteiger partial charge in [0.15, 0.2) is 17.5 Å². The van der Waals surface area contributed by atoms with Crippen LogP contribution in [-0.4, -0.2) is 19.9 Å². The van der Waals surface area contributed by atoms with Crippen LogP contribution in [0.5, 0.6) is 0 Å². The Morgan fingerprint density at radius 3 is 1.54 bits per heavy atom. The summed E-state index contributed by atoms with van der Waals surface area (Å²) in [7, 11) is 0.